The second kappa shape index (κ2) is 39.0. The van der Waals surface area contributed by atoms with Crippen LogP contribution in [0.4, 0.5) is 0 Å². The third-order valence-electron chi connectivity index (χ3n) is 17.7. The van der Waals surface area contributed by atoms with Crippen molar-refractivity contribution in [2.45, 2.75) is 307 Å². The van der Waals surface area contributed by atoms with Crippen LogP contribution in [-0.2, 0) is 38.5 Å². The largest absolute Gasteiger partial charge is 0.0654 e. The van der Waals surface area contributed by atoms with Gasteiger partial charge in [0.05, 0.1) is 0 Å². The van der Waals surface area contributed by atoms with Crippen molar-refractivity contribution in [2.24, 2.45) is 0 Å². The van der Waals surface area contributed by atoms with Gasteiger partial charge >= 0.3 is 0 Å². The summed E-state index contributed by atoms with van der Waals surface area (Å²) in [6.07, 6.45) is 17.4. The van der Waals surface area contributed by atoms with Gasteiger partial charge in [0.1, 0.15) is 0 Å². The first kappa shape index (κ1) is 75.3. The van der Waals surface area contributed by atoms with E-state index in [9.17, 15) is 0 Å². The van der Waals surface area contributed by atoms with Crippen molar-refractivity contribution in [1.82, 2.24) is 0 Å². The summed E-state index contributed by atoms with van der Waals surface area (Å²) < 4.78 is 0. The van der Waals surface area contributed by atoms with E-state index in [-0.39, 0.29) is 0 Å². The van der Waals surface area contributed by atoms with Gasteiger partial charge in [-0.15, -0.1) is 0 Å². The molecule has 0 aliphatic carbocycles. The van der Waals surface area contributed by atoms with Crippen LogP contribution in [0.2, 0.25) is 0 Å². The van der Waals surface area contributed by atoms with E-state index in [0.29, 0.717) is 23.7 Å². The second-order valence-corrected chi connectivity index (χ2v) is 25.6. The zero-order chi connectivity index (χ0) is 62.6. The molecule has 0 spiro atoms. The fourth-order valence-corrected chi connectivity index (χ4v) is 11.5. The summed E-state index contributed by atoms with van der Waals surface area (Å²) in [7, 11) is 0. The molecule has 0 aliphatic rings. The molecule has 0 aromatic heterocycles. The van der Waals surface area contributed by atoms with E-state index in [1.54, 1.807) is 11.1 Å². The maximum atomic E-state index is 2.41. The number of aryl methyl sites for hydroxylation is 20. The van der Waals surface area contributed by atoms with Crippen molar-refractivity contribution in [2.75, 3.05) is 0 Å². The van der Waals surface area contributed by atoms with Gasteiger partial charge in [0.25, 0.3) is 0 Å². The first-order valence-electron chi connectivity index (χ1n) is 33.1. The fourth-order valence-electron chi connectivity index (χ4n) is 11.5. The zero-order valence-corrected chi connectivity index (χ0v) is 59.1. The first-order valence-corrected chi connectivity index (χ1v) is 33.1. The van der Waals surface area contributed by atoms with Gasteiger partial charge in [-0.1, -0.05) is 195 Å². The molecule has 0 bridgehead atoms. The molecule has 0 amide bonds. The van der Waals surface area contributed by atoms with Crippen LogP contribution in [0, 0.1) is 96.9 Å². The molecule has 0 nitrogen and oxygen atoms in total. The maximum Gasteiger partial charge on any atom is -0.0190 e. The highest BCUT2D eigenvalue weighted by molar-refractivity contribution is 5.43. The molecule has 6 aromatic rings. The van der Waals surface area contributed by atoms with Crippen LogP contribution in [0.3, 0.4) is 0 Å². The van der Waals surface area contributed by atoms with Crippen LogP contribution >= 0.6 is 0 Å². The monoisotopic (exact) mass is 1110 g/mol. The minimum atomic E-state index is 0.634. The Balaban J connectivity index is 0.000000495. The van der Waals surface area contributed by atoms with Crippen molar-refractivity contribution in [1.29, 1.82) is 0 Å². The lowest BCUT2D eigenvalue weighted by atomic mass is 9.86. The van der Waals surface area contributed by atoms with E-state index in [1.165, 1.54) is 199 Å². The van der Waals surface area contributed by atoms with Crippen LogP contribution in [0.1, 0.15) is 305 Å². The third-order valence-corrected chi connectivity index (χ3v) is 17.7. The molecular formula is C82H128. The summed E-state index contributed by atoms with van der Waals surface area (Å²) in [5.74, 6) is 2.64. The molecule has 2 unspecified atom stereocenters. The van der Waals surface area contributed by atoms with Crippen molar-refractivity contribution in [3.05, 3.63) is 206 Å². The SMILES string of the molecule is CCC(C)c1cc(C)c(C(C)CC)cc1C.CCCCc1cc(C)c(CCCC)cc1C.CCCc1cc(C)c(CCC)cc1C.CCc1cc(C)c(CC)cc1C.Cc1cc(C(C)C)c(C)cc1C(C)C.Cc1cc(C)c(C)cc1C. The van der Waals surface area contributed by atoms with Gasteiger partial charge in [0.2, 0.25) is 0 Å². The van der Waals surface area contributed by atoms with E-state index in [4.69, 9.17) is 0 Å². The van der Waals surface area contributed by atoms with Crippen LogP contribution in [0.25, 0.3) is 0 Å². The van der Waals surface area contributed by atoms with E-state index in [0.717, 1.165) is 12.8 Å². The molecule has 0 radical (unpaired) electrons. The van der Waals surface area contributed by atoms with Crippen molar-refractivity contribution in [3.8, 4) is 0 Å². The normalized spacial score (nSPS) is 11.5. The molecule has 0 N–H and O–H groups in total. The quantitative estimate of drug-likeness (QED) is 0.0805. The van der Waals surface area contributed by atoms with Gasteiger partial charge in [0, 0.05) is 0 Å². The average molecular weight is 1110 g/mol. The standard InChI is InChI=1S/2C16H26.2C14H22.C12H18.C10H14/c1-7-11(3)15-9-14(6)16(10-13(15)5)12(4)8-2;1-5-7-9-15-11-14(4)16(10-8-6-2)12-13(15)3;1-9(2)13-7-12(6)14(10(3)4)8-11(13)5;1-5-7-13-9-12(4)14(8-6-2)10-11(13)3;1-5-11-7-10(4)12(6-2)8-9(11)3;1-7-5-9(3)10(4)6-8(7)2/h9-12H,7-8H2,1-6H3;11-12H,5-10H2,1-4H3;7-10H,1-6H3;9-10H,5-8H2,1-4H3;7-8H,5-6H2,1-4H3;5-6H,1-4H3. The molecule has 0 fully saturated rings. The molecule has 0 saturated heterocycles. The van der Waals surface area contributed by atoms with Gasteiger partial charge in [-0.05, 0) is 318 Å². The lowest BCUT2D eigenvalue weighted by Crippen LogP contribution is -2.01. The van der Waals surface area contributed by atoms with Crippen molar-refractivity contribution >= 4 is 0 Å². The Kier molecular flexibility index (Phi) is 35.9. The van der Waals surface area contributed by atoms with Gasteiger partial charge in [-0.25, -0.2) is 0 Å². The minimum absolute atomic E-state index is 0.634. The number of hydrogen-bond donors (Lipinski definition) is 0. The Morgan fingerprint density at radius 3 is 0.695 bits per heavy atom. The van der Waals surface area contributed by atoms with Crippen molar-refractivity contribution < 1.29 is 0 Å². The maximum absolute atomic E-state index is 2.41. The zero-order valence-electron chi connectivity index (χ0n) is 59.1. The van der Waals surface area contributed by atoms with Crippen molar-refractivity contribution in [3.63, 3.8) is 0 Å². The number of unbranched alkanes of at least 4 members (excludes halogenated alkanes) is 2. The summed E-state index contributed by atoms with van der Waals surface area (Å²) in [6, 6.07) is 28.2. The highest BCUT2D eigenvalue weighted by Crippen LogP contribution is 2.31. The summed E-state index contributed by atoms with van der Waals surface area (Å²) in [6.45, 7) is 62.7. The summed E-state index contributed by atoms with van der Waals surface area (Å²) in [4.78, 5) is 0. The lowest BCUT2D eigenvalue weighted by Gasteiger charge is -2.19. The molecule has 6 rings (SSSR count). The smallest absolute Gasteiger partial charge is 0.0190 e. The van der Waals surface area contributed by atoms with Crippen LogP contribution < -0.4 is 0 Å². The van der Waals surface area contributed by atoms with E-state index in [2.05, 4.69) is 267 Å². The Morgan fingerprint density at radius 2 is 0.463 bits per heavy atom. The predicted molar refractivity (Wildman–Crippen MR) is 375 cm³/mol. The molecule has 6 aromatic carbocycles. The molecule has 0 heterocycles. The number of benzene rings is 6. The summed E-state index contributed by atoms with van der Waals surface area (Å²) >= 11 is 0. The number of rotatable bonds is 18. The number of hydrogen-bond acceptors (Lipinski definition) is 0. The minimum Gasteiger partial charge on any atom is -0.0654 e. The van der Waals surface area contributed by atoms with E-state index in [1.807, 2.05) is 0 Å². The highest BCUT2D eigenvalue weighted by atomic mass is 14.2. The molecular weight excluding hydrogens is 985 g/mol. The van der Waals surface area contributed by atoms with E-state index < -0.39 is 0 Å². The molecule has 0 saturated carbocycles. The van der Waals surface area contributed by atoms with Gasteiger partial charge in [-0.2, -0.15) is 0 Å². The molecule has 456 valence electrons. The Hall–Kier alpha value is -4.68. The third kappa shape index (κ3) is 24.9. The second-order valence-electron chi connectivity index (χ2n) is 25.6. The van der Waals surface area contributed by atoms with Crippen LogP contribution in [-0.4, -0.2) is 0 Å². The fraction of sp³-hybridized carbons (Fsp3) is 0.561. The van der Waals surface area contributed by atoms with Crippen LogP contribution in [0.15, 0.2) is 72.8 Å². The molecule has 82 heavy (non-hydrogen) atoms. The highest BCUT2D eigenvalue weighted by Gasteiger charge is 2.14. The van der Waals surface area contributed by atoms with Gasteiger partial charge < -0.3 is 0 Å². The summed E-state index contributed by atoms with van der Waals surface area (Å²) in [5.41, 5.74) is 35.4. The lowest BCUT2D eigenvalue weighted by molar-refractivity contribution is 0.710. The Labute approximate surface area is 511 Å². The predicted octanol–water partition coefficient (Wildman–Crippen LogP) is 25.4. The topological polar surface area (TPSA) is 0 Å². The first-order chi connectivity index (χ1) is 38.6. The van der Waals surface area contributed by atoms with E-state index >= 15 is 0 Å². The van der Waals surface area contributed by atoms with Gasteiger partial charge in [-0.3, -0.25) is 0 Å². The Bertz CT molecular complexity index is 2580. The molecule has 0 aliphatic heterocycles. The average Bonchev–Trinajstić information content (AvgIpc) is 3.48. The molecule has 0 heteroatoms. The Morgan fingerprint density at radius 1 is 0.232 bits per heavy atom. The van der Waals surface area contributed by atoms with Crippen LogP contribution in [0.5, 0.6) is 0 Å². The van der Waals surface area contributed by atoms with Gasteiger partial charge in [0.15, 0.2) is 0 Å². The molecule has 2 atom stereocenters. The summed E-state index contributed by atoms with van der Waals surface area (Å²) in [5, 5.41) is 0.